The normalized spacial score (nSPS) is 10.0. The molecule has 5 nitrogen and oxygen atoms in total. The van der Waals surface area contributed by atoms with Crippen molar-refractivity contribution in [2.24, 2.45) is 7.05 Å². The average molecular weight is 262 g/mol. The minimum Gasteiger partial charge on any atom is -0.304 e. The van der Waals surface area contributed by atoms with Crippen molar-refractivity contribution in [2.75, 3.05) is 5.32 Å². The number of aromatic nitrogens is 2. The molecule has 0 aliphatic carbocycles. The third kappa shape index (κ3) is 2.42. The van der Waals surface area contributed by atoms with Crippen LogP contribution in [-0.4, -0.2) is 15.7 Å². The highest BCUT2D eigenvalue weighted by Gasteiger charge is 2.19. The van der Waals surface area contributed by atoms with Crippen LogP contribution in [0.15, 0.2) is 24.4 Å². The molecule has 19 heavy (non-hydrogen) atoms. The number of nitrogens with one attached hydrogen (secondary N) is 1. The Labute approximate surface area is 107 Å². The van der Waals surface area contributed by atoms with Crippen LogP contribution in [0.5, 0.6) is 0 Å². The fraction of sp³-hybridized carbons (Fsp3) is 0.0833. The van der Waals surface area contributed by atoms with Gasteiger partial charge in [-0.3, -0.25) is 9.48 Å². The summed E-state index contributed by atoms with van der Waals surface area (Å²) in [5.74, 6) is -3.00. The standard InChI is InChI=1S/C12H8F2N4O/c1-18-6-7(5-15)11(17-18)16-12(19)10-8(13)3-2-4-9(10)14/h2-4,6H,1H3,(H,16,17,19). The van der Waals surface area contributed by atoms with E-state index < -0.39 is 23.1 Å². The second-order valence-electron chi connectivity index (χ2n) is 3.73. The van der Waals surface area contributed by atoms with Crippen molar-refractivity contribution < 1.29 is 13.6 Å². The number of halogens is 2. The monoisotopic (exact) mass is 262 g/mol. The van der Waals surface area contributed by atoms with Crippen LogP contribution in [0.1, 0.15) is 15.9 Å². The van der Waals surface area contributed by atoms with Gasteiger partial charge in [-0.25, -0.2) is 8.78 Å². The van der Waals surface area contributed by atoms with Crippen LogP contribution in [-0.2, 0) is 7.05 Å². The van der Waals surface area contributed by atoms with Gasteiger partial charge in [0, 0.05) is 13.2 Å². The van der Waals surface area contributed by atoms with Crippen LogP contribution in [0.25, 0.3) is 0 Å². The Kier molecular flexibility index (Phi) is 3.25. The van der Waals surface area contributed by atoms with Crippen LogP contribution >= 0.6 is 0 Å². The number of carbonyl (C=O) groups is 1. The maximum Gasteiger partial charge on any atom is 0.262 e. The number of benzene rings is 1. The highest BCUT2D eigenvalue weighted by molar-refractivity contribution is 6.04. The molecule has 96 valence electrons. The van der Waals surface area contributed by atoms with Crippen molar-refractivity contribution in [2.45, 2.75) is 0 Å². The molecule has 1 heterocycles. The topological polar surface area (TPSA) is 70.7 Å². The molecule has 2 aromatic rings. The lowest BCUT2D eigenvalue weighted by molar-refractivity contribution is 0.101. The van der Waals surface area contributed by atoms with Gasteiger partial charge in [-0.15, -0.1) is 0 Å². The van der Waals surface area contributed by atoms with E-state index in [4.69, 9.17) is 5.26 Å². The third-order valence-corrected chi connectivity index (χ3v) is 2.37. The van der Waals surface area contributed by atoms with E-state index in [1.807, 2.05) is 6.07 Å². The van der Waals surface area contributed by atoms with Crippen molar-refractivity contribution in [3.05, 3.63) is 47.2 Å². The highest BCUT2D eigenvalue weighted by atomic mass is 19.1. The SMILES string of the molecule is Cn1cc(C#N)c(NC(=O)c2c(F)cccc2F)n1. The summed E-state index contributed by atoms with van der Waals surface area (Å²) in [6.45, 7) is 0. The van der Waals surface area contributed by atoms with Crippen molar-refractivity contribution >= 4 is 11.7 Å². The van der Waals surface area contributed by atoms with Gasteiger partial charge in [0.1, 0.15) is 28.8 Å². The number of carbonyl (C=O) groups excluding carboxylic acids is 1. The second kappa shape index (κ2) is 4.86. The number of aryl methyl sites for hydroxylation is 1. The van der Waals surface area contributed by atoms with Gasteiger partial charge in [0.15, 0.2) is 5.82 Å². The predicted molar refractivity (Wildman–Crippen MR) is 62.2 cm³/mol. The molecule has 0 spiro atoms. The molecule has 7 heteroatoms. The maximum atomic E-state index is 13.4. The Balaban J connectivity index is 2.34. The summed E-state index contributed by atoms with van der Waals surface area (Å²) < 4.78 is 28.1. The molecule has 0 fully saturated rings. The highest BCUT2D eigenvalue weighted by Crippen LogP contribution is 2.16. The van der Waals surface area contributed by atoms with Gasteiger partial charge in [-0.1, -0.05) is 6.07 Å². The number of rotatable bonds is 2. The largest absolute Gasteiger partial charge is 0.304 e. The van der Waals surface area contributed by atoms with Crippen LogP contribution in [0.4, 0.5) is 14.6 Å². The average Bonchev–Trinajstić information content (AvgIpc) is 2.69. The summed E-state index contributed by atoms with van der Waals surface area (Å²) in [5, 5.41) is 14.9. The van der Waals surface area contributed by atoms with E-state index in [9.17, 15) is 13.6 Å². The lowest BCUT2D eigenvalue weighted by Gasteiger charge is -2.04. The lowest BCUT2D eigenvalue weighted by Crippen LogP contribution is -2.16. The summed E-state index contributed by atoms with van der Waals surface area (Å²) in [6, 6.07) is 4.92. The summed E-state index contributed by atoms with van der Waals surface area (Å²) in [6.07, 6.45) is 1.38. The number of hydrogen-bond donors (Lipinski definition) is 1. The Morgan fingerprint density at radius 3 is 2.63 bits per heavy atom. The maximum absolute atomic E-state index is 13.4. The van der Waals surface area contributed by atoms with Gasteiger partial charge in [0.25, 0.3) is 5.91 Å². The molecular weight excluding hydrogens is 254 g/mol. The first-order valence-corrected chi connectivity index (χ1v) is 5.22. The van der Waals surface area contributed by atoms with E-state index >= 15 is 0 Å². The Bertz CT molecular complexity index is 667. The van der Waals surface area contributed by atoms with Crippen molar-refractivity contribution in [1.29, 1.82) is 5.26 Å². The molecule has 1 amide bonds. The Morgan fingerprint density at radius 2 is 2.05 bits per heavy atom. The van der Waals surface area contributed by atoms with Gasteiger partial charge >= 0.3 is 0 Å². The number of hydrogen-bond acceptors (Lipinski definition) is 3. The molecule has 1 aromatic carbocycles. The molecule has 0 aliphatic rings. The molecule has 0 saturated carbocycles. The van der Waals surface area contributed by atoms with Crippen molar-refractivity contribution in [1.82, 2.24) is 9.78 Å². The zero-order valence-electron chi connectivity index (χ0n) is 9.82. The lowest BCUT2D eigenvalue weighted by atomic mass is 10.2. The molecule has 2 rings (SSSR count). The van der Waals surface area contributed by atoms with E-state index in [0.29, 0.717) is 0 Å². The first kappa shape index (κ1) is 12.7. The van der Waals surface area contributed by atoms with Gasteiger partial charge < -0.3 is 5.32 Å². The molecule has 0 radical (unpaired) electrons. The third-order valence-electron chi connectivity index (χ3n) is 2.37. The summed E-state index contributed by atoms with van der Waals surface area (Å²) in [5.41, 5.74) is -0.607. The van der Waals surface area contributed by atoms with E-state index in [1.54, 1.807) is 7.05 Å². The van der Waals surface area contributed by atoms with Crippen LogP contribution < -0.4 is 5.32 Å². The zero-order chi connectivity index (χ0) is 14.0. The van der Waals surface area contributed by atoms with E-state index in [1.165, 1.54) is 10.9 Å². The smallest absolute Gasteiger partial charge is 0.262 e. The van der Waals surface area contributed by atoms with Gasteiger partial charge in [0.05, 0.1) is 0 Å². The van der Waals surface area contributed by atoms with Crippen LogP contribution in [0.3, 0.4) is 0 Å². The summed E-state index contributed by atoms with van der Waals surface area (Å²) in [7, 11) is 1.56. The number of nitrogens with zero attached hydrogens (tertiary/aromatic N) is 3. The van der Waals surface area contributed by atoms with E-state index in [0.717, 1.165) is 18.2 Å². The minimum absolute atomic E-state index is 0.0438. The fourth-order valence-corrected chi connectivity index (χ4v) is 1.55. The minimum atomic E-state index is -0.995. The Morgan fingerprint density at radius 1 is 1.42 bits per heavy atom. The number of nitriles is 1. The van der Waals surface area contributed by atoms with Gasteiger partial charge in [-0.05, 0) is 12.1 Å². The zero-order valence-corrected chi connectivity index (χ0v) is 9.82. The molecule has 0 atom stereocenters. The summed E-state index contributed by atoms with van der Waals surface area (Å²) >= 11 is 0. The quantitative estimate of drug-likeness (QED) is 0.897. The molecule has 0 bridgehead atoms. The number of amides is 1. The summed E-state index contributed by atoms with van der Waals surface area (Å²) in [4.78, 5) is 11.8. The molecule has 1 N–H and O–H groups in total. The molecule has 0 aliphatic heterocycles. The first-order chi connectivity index (χ1) is 9.02. The molecule has 0 saturated heterocycles. The molecule has 0 unspecified atom stereocenters. The van der Waals surface area contributed by atoms with Crippen LogP contribution in [0.2, 0.25) is 0 Å². The van der Waals surface area contributed by atoms with Gasteiger partial charge in [0.2, 0.25) is 0 Å². The second-order valence-corrected chi connectivity index (χ2v) is 3.73. The Hall–Kier alpha value is -2.75. The van der Waals surface area contributed by atoms with E-state index in [-0.39, 0.29) is 11.4 Å². The number of anilines is 1. The van der Waals surface area contributed by atoms with Crippen molar-refractivity contribution in [3.63, 3.8) is 0 Å². The molecule has 1 aromatic heterocycles. The van der Waals surface area contributed by atoms with Crippen molar-refractivity contribution in [3.8, 4) is 6.07 Å². The predicted octanol–water partition coefficient (Wildman–Crippen LogP) is 1.82. The van der Waals surface area contributed by atoms with E-state index in [2.05, 4.69) is 10.4 Å². The van der Waals surface area contributed by atoms with Crippen LogP contribution in [0, 0.1) is 23.0 Å². The first-order valence-electron chi connectivity index (χ1n) is 5.22. The fourth-order valence-electron chi connectivity index (χ4n) is 1.55. The van der Waals surface area contributed by atoms with Gasteiger partial charge in [-0.2, -0.15) is 10.4 Å². The molecular formula is C12H8F2N4O.